The minimum absolute atomic E-state index is 0.436. The van der Waals surface area contributed by atoms with Crippen molar-refractivity contribution in [3.63, 3.8) is 0 Å². The van der Waals surface area contributed by atoms with Crippen LogP contribution in [0.3, 0.4) is 0 Å². The van der Waals surface area contributed by atoms with E-state index in [4.69, 9.17) is 0 Å². The maximum absolute atomic E-state index is 3.57. The maximum Gasteiger partial charge on any atom is 0.0386 e. The highest BCUT2D eigenvalue weighted by Gasteiger charge is 2.06. The molecule has 0 spiro atoms. The van der Waals surface area contributed by atoms with Crippen LogP contribution in [0.5, 0.6) is 0 Å². The van der Waals surface area contributed by atoms with Gasteiger partial charge < -0.3 is 10.2 Å². The fourth-order valence-electron chi connectivity index (χ4n) is 2.08. The third-order valence-electron chi connectivity index (χ3n) is 3.31. The molecular formula is C16H22N2S. The number of nitrogens with one attached hydrogen (secondary N) is 1. The van der Waals surface area contributed by atoms with Gasteiger partial charge in [0.2, 0.25) is 0 Å². The average molecular weight is 274 g/mol. The summed E-state index contributed by atoms with van der Waals surface area (Å²) < 4.78 is 0. The van der Waals surface area contributed by atoms with E-state index in [0.717, 1.165) is 13.1 Å². The number of hydrogen-bond acceptors (Lipinski definition) is 3. The summed E-state index contributed by atoms with van der Waals surface area (Å²) in [6.45, 7) is 6.36. The minimum atomic E-state index is 0.436. The van der Waals surface area contributed by atoms with Crippen LogP contribution in [0, 0.1) is 6.92 Å². The Morgan fingerprint density at radius 2 is 2.11 bits per heavy atom. The molecule has 1 N–H and O–H groups in total. The molecule has 0 saturated heterocycles. The second-order valence-electron chi connectivity index (χ2n) is 4.95. The smallest absolute Gasteiger partial charge is 0.0386 e. The molecule has 1 aromatic carbocycles. The minimum Gasteiger partial charge on any atom is -0.373 e. The van der Waals surface area contributed by atoms with Gasteiger partial charge in [0.15, 0.2) is 0 Å². The summed E-state index contributed by atoms with van der Waals surface area (Å²) in [5, 5.41) is 5.70. The number of thiophene rings is 1. The van der Waals surface area contributed by atoms with Crippen LogP contribution in [0.4, 0.5) is 5.69 Å². The Balaban J connectivity index is 1.79. The molecule has 102 valence electrons. The first kappa shape index (κ1) is 14.1. The molecule has 2 rings (SSSR count). The average Bonchev–Trinajstić information content (AvgIpc) is 2.92. The summed E-state index contributed by atoms with van der Waals surface area (Å²) in [7, 11) is 2.15. The Hall–Kier alpha value is -1.32. The van der Waals surface area contributed by atoms with Crippen molar-refractivity contribution in [2.24, 2.45) is 0 Å². The van der Waals surface area contributed by atoms with E-state index < -0.39 is 0 Å². The van der Waals surface area contributed by atoms with E-state index in [-0.39, 0.29) is 0 Å². The number of aryl methyl sites for hydroxylation is 1. The van der Waals surface area contributed by atoms with Crippen LogP contribution in [0.2, 0.25) is 0 Å². The number of anilines is 1. The van der Waals surface area contributed by atoms with Crippen molar-refractivity contribution in [1.29, 1.82) is 0 Å². The summed E-state index contributed by atoms with van der Waals surface area (Å²) >= 11 is 1.81. The van der Waals surface area contributed by atoms with Gasteiger partial charge in [-0.2, -0.15) is 0 Å². The second-order valence-corrected chi connectivity index (χ2v) is 5.93. The van der Waals surface area contributed by atoms with E-state index in [9.17, 15) is 0 Å². The van der Waals surface area contributed by atoms with Crippen molar-refractivity contribution >= 4 is 17.0 Å². The van der Waals surface area contributed by atoms with Crippen LogP contribution < -0.4 is 10.2 Å². The lowest BCUT2D eigenvalue weighted by Crippen LogP contribution is -2.30. The van der Waals surface area contributed by atoms with Crippen LogP contribution >= 0.6 is 11.3 Å². The molecule has 1 atom stereocenters. The topological polar surface area (TPSA) is 15.3 Å². The lowest BCUT2D eigenvalue weighted by molar-refractivity contribution is 0.584. The van der Waals surface area contributed by atoms with Crippen molar-refractivity contribution in [2.75, 3.05) is 25.0 Å². The van der Waals surface area contributed by atoms with E-state index in [0.29, 0.717) is 6.04 Å². The van der Waals surface area contributed by atoms with Crippen molar-refractivity contribution < 1.29 is 0 Å². The first-order valence-electron chi connectivity index (χ1n) is 6.71. The summed E-state index contributed by atoms with van der Waals surface area (Å²) in [6, 6.07) is 13.4. The van der Waals surface area contributed by atoms with Gasteiger partial charge >= 0.3 is 0 Å². The van der Waals surface area contributed by atoms with Gasteiger partial charge in [0.25, 0.3) is 0 Å². The van der Waals surface area contributed by atoms with E-state index in [2.05, 4.69) is 72.9 Å². The molecule has 19 heavy (non-hydrogen) atoms. The molecular weight excluding hydrogens is 252 g/mol. The van der Waals surface area contributed by atoms with Crippen LogP contribution in [-0.4, -0.2) is 20.1 Å². The van der Waals surface area contributed by atoms with E-state index in [1.807, 2.05) is 11.3 Å². The van der Waals surface area contributed by atoms with Crippen molar-refractivity contribution in [2.45, 2.75) is 19.9 Å². The van der Waals surface area contributed by atoms with E-state index >= 15 is 0 Å². The SMILES string of the molecule is Cc1cccc(N(C)CCNC(C)c2cccs2)c1. The predicted molar refractivity (Wildman–Crippen MR) is 85.2 cm³/mol. The van der Waals surface area contributed by atoms with Gasteiger partial charge in [-0.3, -0.25) is 0 Å². The molecule has 0 radical (unpaired) electrons. The number of benzene rings is 1. The molecule has 0 bridgehead atoms. The first-order chi connectivity index (χ1) is 9.16. The highest BCUT2D eigenvalue weighted by molar-refractivity contribution is 7.10. The zero-order valence-electron chi connectivity index (χ0n) is 11.9. The zero-order valence-corrected chi connectivity index (χ0v) is 12.7. The van der Waals surface area contributed by atoms with E-state index in [1.54, 1.807) is 0 Å². The Bertz CT molecular complexity index is 493. The summed E-state index contributed by atoms with van der Waals surface area (Å²) in [5.74, 6) is 0. The van der Waals surface area contributed by atoms with Crippen molar-refractivity contribution in [3.05, 3.63) is 52.2 Å². The highest BCUT2D eigenvalue weighted by Crippen LogP contribution is 2.18. The number of likely N-dealkylation sites (N-methyl/N-ethyl adjacent to an activating group) is 1. The Morgan fingerprint density at radius 1 is 1.26 bits per heavy atom. The molecule has 1 heterocycles. The third kappa shape index (κ3) is 4.08. The molecule has 1 aromatic heterocycles. The summed E-state index contributed by atoms with van der Waals surface area (Å²) in [6.07, 6.45) is 0. The normalized spacial score (nSPS) is 12.4. The lowest BCUT2D eigenvalue weighted by atomic mass is 10.2. The number of hydrogen-bond donors (Lipinski definition) is 1. The van der Waals surface area contributed by atoms with Gasteiger partial charge in [-0.1, -0.05) is 18.2 Å². The molecule has 2 aromatic rings. The summed E-state index contributed by atoms with van der Waals surface area (Å²) in [4.78, 5) is 3.69. The van der Waals surface area contributed by atoms with Crippen LogP contribution in [0.25, 0.3) is 0 Å². The molecule has 0 aliphatic carbocycles. The number of nitrogens with zero attached hydrogens (tertiary/aromatic N) is 1. The van der Waals surface area contributed by atoms with Gasteiger partial charge in [-0.05, 0) is 43.0 Å². The van der Waals surface area contributed by atoms with Gasteiger partial charge in [0.1, 0.15) is 0 Å². The molecule has 3 heteroatoms. The monoisotopic (exact) mass is 274 g/mol. The second kappa shape index (κ2) is 6.73. The van der Waals surface area contributed by atoms with Crippen LogP contribution in [0.1, 0.15) is 23.4 Å². The van der Waals surface area contributed by atoms with Gasteiger partial charge in [0.05, 0.1) is 0 Å². The fraction of sp³-hybridized carbons (Fsp3) is 0.375. The van der Waals surface area contributed by atoms with E-state index in [1.165, 1.54) is 16.1 Å². The zero-order chi connectivity index (χ0) is 13.7. The molecule has 2 nitrogen and oxygen atoms in total. The van der Waals surface area contributed by atoms with Crippen molar-refractivity contribution in [1.82, 2.24) is 5.32 Å². The molecule has 1 unspecified atom stereocenters. The van der Waals surface area contributed by atoms with Gasteiger partial charge in [0, 0.05) is 36.7 Å². The Morgan fingerprint density at radius 3 is 2.79 bits per heavy atom. The number of rotatable bonds is 6. The fourth-order valence-corrected chi connectivity index (χ4v) is 2.84. The molecule has 0 amide bonds. The molecule has 0 aliphatic rings. The molecule has 0 saturated carbocycles. The highest BCUT2D eigenvalue weighted by atomic mass is 32.1. The largest absolute Gasteiger partial charge is 0.373 e. The van der Waals surface area contributed by atoms with Gasteiger partial charge in [-0.15, -0.1) is 11.3 Å². The van der Waals surface area contributed by atoms with Crippen LogP contribution in [-0.2, 0) is 0 Å². The molecule has 0 aliphatic heterocycles. The lowest BCUT2D eigenvalue weighted by Gasteiger charge is -2.21. The quantitative estimate of drug-likeness (QED) is 0.861. The third-order valence-corrected chi connectivity index (χ3v) is 4.37. The summed E-state index contributed by atoms with van der Waals surface area (Å²) in [5.41, 5.74) is 2.59. The Kier molecular flexibility index (Phi) is 5.00. The predicted octanol–water partition coefficient (Wildman–Crippen LogP) is 3.84. The standard InChI is InChI=1S/C16H22N2S/c1-13-6-4-7-15(12-13)18(3)10-9-17-14(2)16-8-5-11-19-16/h4-8,11-12,14,17H,9-10H2,1-3H3. The maximum atomic E-state index is 3.57. The van der Waals surface area contributed by atoms with Crippen molar-refractivity contribution in [3.8, 4) is 0 Å². The first-order valence-corrected chi connectivity index (χ1v) is 7.59. The Labute approximate surface area is 120 Å². The van der Waals surface area contributed by atoms with Gasteiger partial charge in [-0.25, -0.2) is 0 Å². The van der Waals surface area contributed by atoms with Crippen LogP contribution in [0.15, 0.2) is 41.8 Å². The molecule has 0 fully saturated rings.